The Kier molecular flexibility index (Phi) is 6.20. The molecule has 0 aliphatic heterocycles. The molecule has 3 aromatic rings. The number of aliphatic hydroxyl groups is 1. The minimum absolute atomic E-state index is 0.126. The van der Waals surface area contributed by atoms with Crippen LogP contribution in [0.15, 0.2) is 77.8 Å². The van der Waals surface area contributed by atoms with Crippen LogP contribution >= 0.6 is 0 Å². The van der Waals surface area contributed by atoms with Crippen LogP contribution in [0.2, 0.25) is 0 Å². The van der Waals surface area contributed by atoms with Crippen molar-refractivity contribution in [3.05, 3.63) is 89.5 Å². The topological polar surface area (TPSA) is 71.3 Å². The smallest absolute Gasteiger partial charge is 0.144 e. The number of phenols is 1. The minimum atomic E-state index is -1.53. The summed E-state index contributed by atoms with van der Waals surface area (Å²) < 4.78 is 11.1. The molecule has 0 aliphatic rings. The Balaban J connectivity index is 2.16. The van der Waals surface area contributed by atoms with Gasteiger partial charge in [-0.25, -0.2) is 0 Å². The Bertz CT molecular complexity index is 952. The lowest BCUT2D eigenvalue weighted by atomic mass is 9.80. The number of rotatable bonds is 7. The van der Waals surface area contributed by atoms with Gasteiger partial charge in [-0.1, -0.05) is 48.5 Å². The average molecular weight is 391 g/mol. The molecule has 5 heteroatoms. The zero-order valence-corrected chi connectivity index (χ0v) is 16.7. The number of hydrogen-bond acceptors (Lipinski definition) is 5. The summed E-state index contributed by atoms with van der Waals surface area (Å²) in [7, 11) is 3.13. The molecule has 0 saturated carbocycles. The van der Waals surface area contributed by atoms with Crippen LogP contribution in [0, 0.1) is 0 Å². The van der Waals surface area contributed by atoms with E-state index in [-0.39, 0.29) is 5.75 Å². The van der Waals surface area contributed by atoms with Crippen LogP contribution in [0.1, 0.15) is 23.6 Å². The van der Waals surface area contributed by atoms with Crippen molar-refractivity contribution in [2.24, 2.45) is 4.99 Å². The van der Waals surface area contributed by atoms with Crippen molar-refractivity contribution in [2.75, 3.05) is 14.2 Å². The normalized spacial score (nSPS) is 12.7. The van der Waals surface area contributed by atoms with E-state index in [1.54, 1.807) is 50.8 Å². The van der Waals surface area contributed by atoms with Gasteiger partial charge in [0.05, 0.1) is 20.3 Å². The second kappa shape index (κ2) is 8.80. The molecule has 150 valence electrons. The van der Waals surface area contributed by atoms with Gasteiger partial charge in [0.15, 0.2) is 0 Å². The van der Waals surface area contributed by atoms with Gasteiger partial charge in [-0.05, 0) is 31.2 Å². The predicted molar refractivity (Wildman–Crippen MR) is 114 cm³/mol. The average Bonchev–Trinajstić information content (AvgIpc) is 2.77. The maximum atomic E-state index is 12.1. The van der Waals surface area contributed by atoms with Gasteiger partial charge >= 0.3 is 0 Å². The van der Waals surface area contributed by atoms with Gasteiger partial charge in [-0.2, -0.15) is 0 Å². The first-order valence-corrected chi connectivity index (χ1v) is 9.33. The van der Waals surface area contributed by atoms with Crippen LogP contribution in [-0.4, -0.2) is 36.7 Å². The molecule has 0 bridgehead atoms. The monoisotopic (exact) mass is 391 g/mol. The number of phenolic OH excluding ortho intramolecular Hbond substituents is 1. The largest absolute Gasteiger partial charge is 0.507 e. The molecule has 0 fully saturated rings. The van der Waals surface area contributed by atoms with E-state index in [0.717, 1.165) is 0 Å². The van der Waals surface area contributed by atoms with Gasteiger partial charge in [-0.3, -0.25) is 4.99 Å². The summed E-state index contributed by atoms with van der Waals surface area (Å²) in [5.41, 5.74) is 0.199. The molecule has 5 nitrogen and oxygen atoms in total. The minimum Gasteiger partial charge on any atom is -0.507 e. The number of nitrogens with zero attached hydrogens (tertiary/aromatic N) is 1. The Morgan fingerprint density at radius 3 is 1.83 bits per heavy atom. The zero-order valence-electron chi connectivity index (χ0n) is 16.7. The van der Waals surface area contributed by atoms with Crippen molar-refractivity contribution in [3.63, 3.8) is 0 Å². The first kappa shape index (κ1) is 20.4. The molecule has 29 heavy (non-hydrogen) atoms. The van der Waals surface area contributed by atoms with Crippen LogP contribution in [0.3, 0.4) is 0 Å². The van der Waals surface area contributed by atoms with Gasteiger partial charge in [-0.15, -0.1) is 0 Å². The first-order valence-electron chi connectivity index (χ1n) is 9.33. The summed E-state index contributed by atoms with van der Waals surface area (Å²) in [4.78, 5) is 4.58. The molecule has 0 aliphatic carbocycles. The van der Waals surface area contributed by atoms with E-state index < -0.39 is 11.6 Å². The fourth-order valence-electron chi connectivity index (χ4n) is 3.41. The third-order valence-corrected chi connectivity index (χ3v) is 5.01. The second-order valence-electron chi connectivity index (χ2n) is 6.68. The maximum absolute atomic E-state index is 12.1. The second-order valence-corrected chi connectivity index (χ2v) is 6.68. The number of aliphatic imine (C=N–C) groups is 1. The van der Waals surface area contributed by atoms with Crippen molar-refractivity contribution in [1.29, 1.82) is 0 Å². The van der Waals surface area contributed by atoms with E-state index >= 15 is 0 Å². The quantitative estimate of drug-likeness (QED) is 0.594. The maximum Gasteiger partial charge on any atom is 0.144 e. The standard InChI is InChI=1S/C24H25NO4/c1-17(25-16-18-10-4-7-13-21(18)26)24(27,19-11-5-8-14-22(19)28-2)20-12-6-9-15-23(20)29-3/h4-17,26-27H,1-3H3. The van der Waals surface area contributed by atoms with E-state index in [9.17, 15) is 10.2 Å². The van der Waals surface area contributed by atoms with Crippen molar-refractivity contribution in [2.45, 2.75) is 18.6 Å². The molecule has 3 rings (SSSR count). The molecule has 3 aromatic carbocycles. The number of para-hydroxylation sites is 3. The van der Waals surface area contributed by atoms with Crippen LogP contribution in [0.5, 0.6) is 17.2 Å². The lowest BCUT2D eigenvalue weighted by Crippen LogP contribution is -2.38. The summed E-state index contributed by atoms with van der Waals surface area (Å²) in [6, 6.07) is 20.9. The summed E-state index contributed by atoms with van der Waals surface area (Å²) in [6.45, 7) is 1.81. The molecule has 0 aromatic heterocycles. The molecule has 2 N–H and O–H groups in total. The van der Waals surface area contributed by atoms with Crippen LogP contribution < -0.4 is 9.47 Å². The Morgan fingerprint density at radius 1 is 0.828 bits per heavy atom. The van der Waals surface area contributed by atoms with E-state index in [1.807, 2.05) is 49.4 Å². The highest BCUT2D eigenvalue weighted by Gasteiger charge is 2.42. The van der Waals surface area contributed by atoms with Gasteiger partial charge in [0.2, 0.25) is 0 Å². The number of ether oxygens (including phenoxy) is 2. The van der Waals surface area contributed by atoms with Crippen LogP contribution in [-0.2, 0) is 5.60 Å². The highest BCUT2D eigenvalue weighted by Crippen LogP contribution is 2.43. The van der Waals surface area contributed by atoms with Gasteiger partial charge in [0.25, 0.3) is 0 Å². The van der Waals surface area contributed by atoms with Crippen LogP contribution in [0.4, 0.5) is 0 Å². The Hall–Kier alpha value is -3.31. The lowest BCUT2D eigenvalue weighted by Gasteiger charge is -2.35. The van der Waals surface area contributed by atoms with Crippen molar-refractivity contribution in [1.82, 2.24) is 0 Å². The fraction of sp³-hybridized carbons (Fsp3) is 0.208. The number of methoxy groups -OCH3 is 2. The molecule has 0 saturated heterocycles. The highest BCUT2D eigenvalue weighted by molar-refractivity contribution is 5.83. The van der Waals surface area contributed by atoms with Gasteiger partial charge in [0.1, 0.15) is 22.8 Å². The SMILES string of the molecule is COc1ccccc1C(O)(c1ccccc1OC)C(C)N=Cc1ccccc1O. The summed E-state index contributed by atoms with van der Waals surface area (Å²) >= 11 is 0. The van der Waals surface area contributed by atoms with Crippen molar-refractivity contribution in [3.8, 4) is 17.2 Å². The Labute approximate surface area is 170 Å². The number of aromatic hydroxyl groups is 1. The van der Waals surface area contributed by atoms with E-state index in [4.69, 9.17) is 9.47 Å². The molecule has 1 unspecified atom stereocenters. The fourth-order valence-corrected chi connectivity index (χ4v) is 3.41. The van der Waals surface area contributed by atoms with Crippen LogP contribution in [0.25, 0.3) is 0 Å². The summed E-state index contributed by atoms with van der Waals surface area (Å²) in [5.74, 6) is 1.22. The number of hydrogen-bond donors (Lipinski definition) is 2. The molecule has 1 atom stereocenters. The van der Waals surface area contributed by atoms with E-state index in [2.05, 4.69) is 4.99 Å². The molecular formula is C24H25NO4. The third-order valence-electron chi connectivity index (χ3n) is 5.01. The molecule has 0 heterocycles. The number of benzene rings is 3. The Morgan fingerprint density at radius 2 is 1.31 bits per heavy atom. The molecule has 0 spiro atoms. The zero-order chi connectivity index (χ0) is 20.9. The van der Waals surface area contributed by atoms with Gasteiger partial charge in [0, 0.05) is 22.9 Å². The van der Waals surface area contributed by atoms with Crippen molar-refractivity contribution < 1.29 is 19.7 Å². The summed E-state index contributed by atoms with van der Waals surface area (Å²) in [6.07, 6.45) is 1.57. The molecule has 0 radical (unpaired) electrons. The van der Waals surface area contributed by atoms with Gasteiger partial charge < -0.3 is 19.7 Å². The summed E-state index contributed by atoms with van der Waals surface area (Å²) in [5, 5.41) is 22.1. The van der Waals surface area contributed by atoms with E-state index in [1.165, 1.54) is 0 Å². The predicted octanol–water partition coefficient (Wildman–Crippen LogP) is 4.15. The third kappa shape index (κ3) is 3.96. The lowest BCUT2D eigenvalue weighted by molar-refractivity contribution is 0.0538. The molecular weight excluding hydrogens is 366 g/mol. The highest BCUT2D eigenvalue weighted by atomic mass is 16.5. The van der Waals surface area contributed by atoms with E-state index in [0.29, 0.717) is 28.2 Å². The molecule has 0 amide bonds. The van der Waals surface area contributed by atoms with Crippen molar-refractivity contribution >= 4 is 6.21 Å². The first-order chi connectivity index (χ1) is 14.0.